The molecule has 3 aromatic carbocycles. The molecule has 4 rings (SSSR count). The number of alkyl carbamates (subject to hydrolysis) is 1. The van der Waals surface area contributed by atoms with Gasteiger partial charge in [0.15, 0.2) is 0 Å². The van der Waals surface area contributed by atoms with Gasteiger partial charge in [0.05, 0.1) is 11.3 Å². The van der Waals surface area contributed by atoms with Crippen LogP contribution in [0.15, 0.2) is 71.2 Å². The molecule has 1 aliphatic rings. The molecule has 8 heteroatoms. The highest BCUT2D eigenvalue weighted by Crippen LogP contribution is 2.44. The summed E-state index contributed by atoms with van der Waals surface area (Å²) in [7, 11) is 0. The van der Waals surface area contributed by atoms with Gasteiger partial charge in [0.2, 0.25) is 5.91 Å². The Kier molecular flexibility index (Phi) is 7.51. The molecule has 0 radical (unpaired) electrons. The highest BCUT2D eigenvalue weighted by atomic mass is 79.9. The van der Waals surface area contributed by atoms with Crippen molar-refractivity contribution in [3.8, 4) is 11.1 Å². The summed E-state index contributed by atoms with van der Waals surface area (Å²) in [4.78, 5) is 37.2. The molecule has 1 atom stereocenters. The van der Waals surface area contributed by atoms with Crippen LogP contribution in [0.4, 0.5) is 10.5 Å². The lowest BCUT2D eigenvalue weighted by Crippen LogP contribution is -2.44. The van der Waals surface area contributed by atoms with Gasteiger partial charge in [-0.1, -0.05) is 67.9 Å². The fraction of sp³-hybridized carbons (Fsp3) is 0.222. The van der Waals surface area contributed by atoms with Crippen molar-refractivity contribution in [2.24, 2.45) is 0 Å². The van der Waals surface area contributed by atoms with E-state index in [1.165, 1.54) is 6.07 Å². The number of anilines is 1. The molecule has 7 nitrogen and oxygen atoms in total. The van der Waals surface area contributed by atoms with Gasteiger partial charge in [-0.3, -0.25) is 4.79 Å². The van der Waals surface area contributed by atoms with Crippen molar-refractivity contribution in [3.63, 3.8) is 0 Å². The summed E-state index contributed by atoms with van der Waals surface area (Å²) < 4.78 is 6.00. The number of hydrogen-bond donors (Lipinski definition) is 3. The minimum absolute atomic E-state index is 0.0517. The quantitative estimate of drug-likeness (QED) is 0.337. The van der Waals surface area contributed by atoms with Crippen molar-refractivity contribution >= 4 is 39.6 Å². The molecule has 0 aliphatic heterocycles. The predicted octanol–water partition coefficient (Wildman–Crippen LogP) is 5.79. The third-order valence-electron chi connectivity index (χ3n) is 6.02. The zero-order valence-corrected chi connectivity index (χ0v) is 20.7. The molecule has 180 valence electrons. The summed E-state index contributed by atoms with van der Waals surface area (Å²) >= 11 is 3.28. The number of hydrogen-bond acceptors (Lipinski definition) is 4. The number of carboxylic acid groups (broad SMARTS) is 1. The van der Waals surface area contributed by atoms with Crippen molar-refractivity contribution in [3.05, 3.63) is 87.9 Å². The number of amides is 2. The molecule has 0 fully saturated rings. The van der Waals surface area contributed by atoms with Crippen LogP contribution in [0.3, 0.4) is 0 Å². The Balaban J connectivity index is 1.44. The molecule has 3 N–H and O–H groups in total. The van der Waals surface area contributed by atoms with Crippen LogP contribution >= 0.6 is 15.9 Å². The third kappa shape index (κ3) is 5.22. The number of carbonyl (C=O) groups excluding carboxylic acids is 2. The maximum Gasteiger partial charge on any atom is 0.407 e. The Labute approximate surface area is 211 Å². The Morgan fingerprint density at radius 1 is 0.971 bits per heavy atom. The second-order valence-corrected chi connectivity index (χ2v) is 9.12. The Hall–Kier alpha value is -3.65. The lowest BCUT2D eigenvalue weighted by molar-refractivity contribution is -0.118. The highest BCUT2D eigenvalue weighted by molar-refractivity contribution is 9.10. The van der Waals surface area contributed by atoms with E-state index < -0.39 is 24.0 Å². The summed E-state index contributed by atoms with van der Waals surface area (Å²) in [6.45, 7) is 2.02. The van der Waals surface area contributed by atoms with Crippen LogP contribution in [0.5, 0.6) is 0 Å². The van der Waals surface area contributed by atoms with Crippen LogP contribution in [-0.2, 0) is 9.53 Å². The molecule has 0 unspecified atom stereocenters. The average Bonchev–Trinajstić information content (AvgIpc) is 3.17. The van der Waals surface area contributed by atoms with E-state index in [0.29, 0.717) is 17.3 Å². The third-order valence-corrected chi connectivity index (χ3v) is 6.68. The first-order chi connectivity index (χ1) is 16.9. The first kappa shape index (κ1) is 24.5. The molecule has 0 heterocycles. The number of carbonyl (C=O) groups is 3. The van der Waals surface area contributed by atoms with Crippen molar-refractivity contribution < 1.29 is 24.2 Å². The van der Waals surface area contributed by atoms with Crippen molar-refractivity contribution in [1.82, 2.24) is 5.32 Å². The van der Waals surface area contributed by atoms with Crippen LogP contribution in [0, 0.1) is 0 Å². The molecular weight excluding hydrogens is 512 g/mol. The zero-order chi connectivity index (χ0) is 24.9. The summed E-state index contributed by atoms with van der Waals surface area (Å²) in [6, 6.07) is 19.8. The number of fused-ring (bicyclic) bond motifs is 3. The monoisotopic (exact) mass is 536 g/mol. The van der Waals surface area contributed by atoms with E-state index in [4.69, 9.17) is 4.74 Å². The van der Waals surface area contributed by atoms with E-state index in [0.717, 1.165) is 22.3 Å². The van der Waals surface area contributed by atoms with Crippen LogP contribution in [0.2, 0.25) is 0 Å². The number of para-hydroxylation sites is 1. The number of ether oxygens (including phenoxy) is 1. The van der Waals surface area contributed by atoms with Crippen molar-refractivity contribution in [2.45, 2.75) is 31.7 Å². The van der Waals surface area contributed by atoms with Crippen molar-refractivity contribution in [2.75, 3.05) is 11.9 Å². The standard InChI is InChI=1S/C27H25BrN2O5/c1-2-8-23(25(31)30-24-20(26(32)33)13-7-14-22(24)28)29-27(34)35-15-21-18-11-5-3-9-16(18)17-10-4-6-12-19(17)21/h3-7,9-14,21,23H,2,8,15H2,1H3,(H,29,34)(H,30,31)(H,32,33)/t23-/m0/s1. The molecular formula is C27H25BrN2O5. The molecule has 3 aromatic rings. The van der Waals surface area contributed by atoms with E-state index in [9.17, 15) is 19.5 Å². The van der Waals surface area contributed by atoms with E-state index >= 15 is 0 Å². The smallest absolute Gasteiger partial charge is 0.407 e. The normalized spacial score (nSPS) is 12.9. The molecule has 0 spiro atoms. The zero-order valence-electron chi connectivity index (χ0n) is 19.1. The lowest BCUT2D eigenvalue weighted by atomic mass is 9.98. The minimum Gasteiger partial charge on any atom is -0.478 e. The number of nitrogens with one attached hydrogen (secondary N) is 2. The van der Waals surface area contributed by atoms with Gasteiger partial charge in [-0.2, -0.15) is 0 Å². The molecule has 0 aromatic heterocycles. The van der Waals surface area contributed by atoms with Gasteiger partial charge in [-0.05, 0) is 56.7 Å². The first-order valence-electron chi connectivity index (χ1n) is 11.3. The predicted molar refractivity (Wildman–Crippen MR) is 137 cm³/mol. The van der Waals surface area contributed by atoms with E-state index in [1.807, 2.05) is 43.3 Å². The Morgan fingerprint density at radius 2 is 1.60 bits per heavy atom. The molecule has 0 saturated carbocycles. The van der Waals surface area contributed by atoms with Gasteiger partial charge in [-0.25, -0.2) is 9.59 Å². The summed E-state index contributed by atoms with van der Waals surface area (Å²) in [5, 5.41) is 14.7. The number of rotatable bonds is 8. The number of carboxylic acids is 1. The second kappa shape index (κ2) is 10.7. The van der Waals surface area contributed by atoms with Crippen LogP contribution < -0.4 is 10.6 Å². The van der Waals surface area contributed by atoms with Gasteiger partial charge in [0.25, 0.3) is 0 Å². The van der Waals surface area contributed by atoms with Crippen molar-refractivity contribution in [1.29, 1.82) is 0 Å². The van der Waals surface area contributed by atoms with E-state index in [2.05, 4.69) is 38.7 Å². The van der Waals surface area contributed by atoms with Gasteiger partial charge in [-0.15, -0.1) is 0 Å². The highest BCUT2D eigenvalue weighted by Gasteiger charge is 2.30. The number of halogens is 1. The SMILES string of the molecule is CCC[C@H](NC(=O)OCC1c2ccccc2-c2ccccc21)C(=O)Nc1c(Br)cccc1C(=O)O. The second-order valence-electron chi connectivity index (χ2n) is 8.27. The topological polar surface area (TPSA) is 105 Å². The van der Waals surface area contributed by atoms with E-state index in [-0.39, 0.29) is 23.8 Å². The van der Waals surface area contributed by atoms with Crippen LogP contribution in [0.1, 0.15) is 47.2 Å². The molecule has 0 bridgehead atoms. The first-order valence-corrected chi connectivity index (χ1v) is 12.1. The Morgan fingerprint density at radius 3 is 2.20 bits per heavy atom. The fourth-order valence-corrected chi connectivity index (χ4v) is 4.84. The molecule has 1 aliphatic carbocycles. The van der Waals surface area contributed by atoms with E-state index in [1.54, 1.807) is 12.1 Å². The van der Waals surface area contributed by atoms with Gasteiger partial charge in [0, 0.05) is 10.4 Å². The number of benzene rings is 3. The maximum atomic E-state index is 13.0. The minimum atomic E-state index is -1.17. The van der Waals surface area contributed by atoms with Crippen LogP contribution in [-0.4, -0.2) is 35.7 Å². The molecule has 2 amide bonds. The van der Waals surface area contributed by atoms with Gasteiger partial charge < -0.3 is 20.5 Å². The number of aromatic carboxylic acids is 1. The van der Waals surface area contributed by atoms with Gasteiger partial charge >= 0.3 is 12.1 Å². The molecule has 35 heavy (non-hydrogen) atoms. The average molecular weight is 537 g/mol. The Bertz CT molecular complexity index is 1230. The summed E-state index contributed by atoms with van der Waals surface area (Å²) in [6.07, 6.45) is 0.290. The largest absolute Gasteiger partial charge is 0.478 e. The summed E-state index contributed by atoms with van der Waals surface area (Å²) in [5.41, 5.74) is 4.54. The molecule has 0 saturated heterocycles. The van der Waals surface area contributed by atoms with Crippen LogP contribution in [0.25, 0.3) is 11.1 Å². The fourth-order valence-electron chi connectivity index (χ4n) is 4.38. The lowest BCUT2D eigenvalue weighted by Gasteiger charge is -2.20. The maximum absolute atomic E-state index is 13.0. The summed E-state index contributed by atoms with van der Waals surface area (Å²) in [5.74, 6) is -1.78. The van der Waals surface area contributed by atoms with Gasteiger partial charge in [0.1, 0.15) is 12.6 Å².